The van der Waals surface area contributed by atoms with Gasteiger partial charge in [0.2, 0.25) is 0 Å². The van der Waals surface area contributed by atoms with E-state index in [1.54, 1.807) is 13.1 Å². The maximum absolute atomic E-state index is 11.7. The lowest BCUT2D eigenvalue weighted by molar-refractivity contribution is 0.165. The Bertz CT molecular complexity index is 405. The van der Waals surface area contributed by atoms with Crippen LogP contribution in [0, 0.1) is 0 Å². The van der Waals surface area contributed by atoms with Gasteiger partial charge in [-0.3, -0.25) is 0 Å². The van der Waals surface area contributed by atoms with Gasteiger partial charge in [0.05, 0.1) is 0 Å². The molecule has 4 nitrogen and oxygen atoms in total. The van der Waals surface area contributed by atoms with Crippen LogP contribution in [0.5, 0.6) is 5.75 Å². The van der Waals surface area contributed by atoms with Crippen LogP contribution in [-0.4, -0.2) is 43.6 Å². The number of hydrogen-bond acceptors (Lipinski definition) is 3. The largest absolute Gasteiger partial charge is 0.414 e. The van der Waals surface area contributed by atoms with Gasteiger partial charge in [0.15, 0.2) is 0 Å². The van der Waals surface area contributed by atoms with Crippen LogP contribution in [-0.2, 0) is 0 Å². The quantitative estimate of drug-likeness (QED) is 0.841. The van der Waals surface area contributed by atoms with Gasteiger partial charge < -0.3 is 14.5 Å². The number of carbonyl (C=O) groups excluding carboxylic acids is 1. The molecule has 20 heavy (non-hydrogen) atoms. The molecule has 0 saturated carbocycles. The van der Waals surface area contributed by atoms with Crippen molar-refractivity contribution in [3.05, 3.63) is 29.8 Å². The number of amides is 1. The average molecular weight is 280 g/mol. The van der Waals surface area contributed by atoms with E-state index in [4.69, 9.17) is 4.74 Å². The van der Waals surface area contributed by atoms with E-state index in [2.05, 4.69) is 11.8 Å². The normalized spacial score (nSPS) is 11.4. The maximum Gasteiger partial charge on any atom is 0.414 e. The first-order valence-electron chi connectivity index (χ1n) is 7.15. The zero-order chi connectivity index (χ0) is 15.7. The molecule has 1 rings (SSSR count). The summed E-state index contributed by atoms with van der Waals surface area (Å²) in [6.45, 7) is 8.65. The molecule has 114 valence electrons. The fraction of sp³-hybridized carbons (Fsp3) is 0.562. The van der Waals surface area contributed by atoms with Crippen molar-refractivity contribution in [2.45, 2.75) is 33.7 Å². The van der Waals surface area contributed by atoms with Crippen molar-refractivity contribution in [2.24, 2.45) is 0 Å². The number of ether oxygens (including phenoxy) is 1. The lowest BCUT2D eigenvalue weighted by atomic mass is 10.1. The minimum Gasteiger partial charge on any atom is -0.410 e. The minimum atomic E-state index is -0.327. The van der Waals surface area contributed by atoms with Crippen molar-refractivity contribution in [1.82, 2.24) is 9.80 Å². The van der Waals surface area contributed by atoms with Crippen molar-refractivity contribution < 1.29 is 9.53 Å². The predicted molar refractivity (Wildman–Crippen MR) is 84.2 cm³/mol. The Kier molecular flexibility index (Phi) is 8.64. The van der Waals surface area contributed by atoms with Crippen molar-refractivity contribution in [3.8, 4) is 5.75 Å². The summed E-state index contributed by atoms with van der Waals surface area (Å²) >= 11 is 0. The second-order valence-electron chi connectivity index (χ2n) is 4.59. The van der Waals surface area contributed by atoms with Gasteiger partial charge in [-0.25, -0.2) is 4.79 Å². The predicted octanol–water partition coefficient (Wildman–Crippen LogP) is 3.79. The third-order valence-corrected chi connectivity index (χ3v) is 3.11. The van der Waals surface area contributed by atoms with Crippen LogP contribution < -0.4 is 4.74 Å². The Balaban J connectivity index is 0.00000172. The molecule has 1 amide bonds. The van der Waals surface area contributed by atoms with Gasteiger partial charge in [0, 0.05) is 19.6 Å². The lowest BCUT2D eigenvalue weighted by Crippen LogP contribution is -2.29. The van der Waals surface area contributed by atoms with E-state index in [1.165, 1.54) is 4.90 Å². The Morgan fingerprint density at radius 3 is 2.35 bits per heavy atom. The van der Waals surface area contributed by atoms with Gasteiger partial charge in [-0.15, -0.1) is 0 Å². The molecule has 0 aliphatic carbocycles. The van der Waals surface area contributed by atoms with Crippen LogP contribution in [0.25, 0.3) is 0 Å². The highest BCUT2D eigenvalue weighted by atomic mass is 16.6. The number of nitrogens with zero attached hydrogens (tertiary/aromatic N) is 2. The summed E-state index contributed by atoms with van der Waals surface area (Å²) in [5.41, 5.74) is 1.13. The molecule has 0 bridgehead atoms. The molecule has 0 aromatic heterocycles. The van der Waals surface area contributed by atoms with Gasteiger partial charge in [-0.05, 0) is 45.6 Å². The van der Waals surface area contributed by atoms with E-state index in [0.717, 1.165) is 5.56 Å². The average Bonchev–Trinajstić information content (AvgIpc) is 2.47. The summed E-state index contributed by atoms with van der Waals surface area (Å²) in [6.07, 6.45) is -0.327. The van der Waals surface area contributed by atoms with Gasteiger partial charge in [0.25, 0.3) is 0 Å². The molecule has 0 N–H and O–H groups in total. The van der Waals surface area contributed by atoms with E-state index >= 15 is 0 Å². The summed E-state index contributed by atoms with van der Waals surface area (Å²) in [6, 6.07) is 7.93. The van der Waals surface area contributed by atoms with E-state index in [9.17, 15) is 4.79 Å². The first-order valence-corrected chi connectivity index (χ1v) is 7.15. The first kappa shape index (κ1) is 18.4. The molecule has 0 radical (unpaired) electrons. The molecule has 0 aliphatic heterocycles. The molecule has 0 aliphatic rings. The summed E-state index contributed by atoms with van der Waals surface area (Å²) in [5.74, 6) is 0.589. The topological polar surface area (TPSA) is 32.8 Å². The minimum absolute atomic E-state index is 0.285. The van der Waals surface area contributed by atoms with E-state index < -0.39 is 0 Å². The molecule has 0 saturated heterocycles. The monoisotopic (exact) mass is 280 g/mol. The van der Waals surface area contributed by atoms with E-state index in [0.29, 0.717) is 12.3 Å². The molecule has 1 aromatic carbocycles. The van der Waals surface area contributed by atoms with Gasteiger partial charge in [-0.1, -0.05) is 26.0 Å². The molecular formula is C16H28N2O2. The van der Waals surface area contributed by atoms with E-state index in [-0.39, 0.29) is 12.1 Å². The van der Waals surface area contributed by atoms with Crippen molar-refractivity contribution in [1.29, 1.82) is 0 Å². The number of benzene rings is 1. The number of hydrogen-bond donors (Lipinski definition) is 0. The van der Waals surface area contributed by atoms with Crippen LogP contribution in [0.2, 0.25) is 0 Å². The Hall–Kier alpha value is -1.55. The molecular weight excluding hydrogens is 252 g/mol. The maximum atomic E-state index is 11.7. The molecule has 0 heterocycles. The summed E-state index contributed by atoms with van der Waals surface area (Å²) < 4.78 is 5.31. The van der Waals surface area contributed by atoms with Crippen LogP contribution in [0.15, 0.2) is 24.3 Å². The Labute approximate surface area is 123 Å². The van der Waals surface area contributed by atoms with Crippen LogP contribution >= 0.6 is 0 Å². The summed E-state index contributed by atoms with van der Waals surface area (Å²) in [7, 11) is 5.76. The van der Waals surface area contributed by atoms with Crippen molar-refractivity contribution in [2.75, 3.05) is 27.7 Å². The molecule has 1 aromatic rings. The van der Waals surface area contributed by atoms with Crippen molar-refractivity contribution in [3.63, 3.8) is 0 Å². The summed E-state index contributed by atoms with van der Waals surface area (Å²) in [5, 5.41) is 0. The van der Waals surface area contributed by atoms with Crippen LogP contribution in [0.1, 0.15) is 39.3 Å². The fourth-order valence-corrected chi connectivity index (χ4v) is 1.44. The molecule has 1 unspecified atom stereocenters. The highest BCUT2D eigenvalue weighted by Gasteiger charge is 2.12. The lowest BCUT2D eigenvalue weighted by Gasteiger charge is -2.21. The highest BCUT2D eigenvalue weighted by Crippen LogP contribution is 2.22. The SMILES string of the molecule is CC.CCN(C)C(=O)Oc1cccc(C(C)N(C)C)c1. The van der Waals surface area contributed by atoms with E-state index in [1.807, 2.05) is 53.1 Å². The molecule has 1 atom stereocenters. The van der Waals surface area contributed by atoms with Gasteiger partial charge in [0.1, 0.15) is 5.75 Å². The second kappa shape index (κ2) is 9.37. The van der Waals surface area contributed by atoms with Gasteiger partial charge in [-0.2, -0.15) is 0 Å². The molecule has 0 fully saturated rings. The van der Waals surface area contributed by atoms with Crippen LogP contribution in [0.3, 0.4) is 0 Å². The Morgan fingerprint density at radius 1 is 1.25 bits per heavy atom. The standard InChI is InChI=1S/C14H22N2O2.C2H6/c1-6-16(5)14(17)18-13-9-7-8-12(10-13)11(2)15(3)4;1-2/h7-11H,6H2,1-5H3;1-2H3. The second-order valence-corrected chi connectivity index (χ2v) is 4.59. The number of carbonyl (C=O) groups is 1. The smallest absolute Gasteiger partial charge is 0.410 e. The molecule has 4 heteroatoms. The van der Waals surface area contributed by atoms with Crippen molar-refractivity contribution >= 4 is 6.09 Å². The third kappa shape index (κ3) is 5.61. The summed E-state index contributed by atoms with van der Waals surface area (Å²) in [4.78, 5) is 15.3. The van der Waals surface area contributed by atoms with Gasteiger partial charge >= 0.3 is 6.09 Å². The first-order chi connectivity index (χ1) is 9.45. The number of rotatable bonds is 4. The third-order valence-electron chi connectivity index (χ3n) is 3.11. The Morgan fingerprint density at radius 2 is 1.85 bits per heavy atom. The highest BCUT2D eigenvalue weighted by molar-refractivity contribution is 5.70. The zero-order valence-corrected chi connectivity index (χ0v) is 13.8. The molecule has 0 spiro atoms. The van der Waals surface area contributed by atoms with Crippen LogP contribution in [0.4, 0.5) is 4.79 Å². The fourth-order valence-electron chi connectivity index (χ4n) is 1.44. The zero-order valence-electron chi connectivity index (χ0n) is 13.8.